The smallest absolute Gasteiger partial charge is 0.284 e. The molecule has 1 aromatic rings. The molecule has 17 heavy (non-hydrogen) atoms. The topological polar surface area (TPSA) is 17.1 Å². The van der Waals surface area contributed by atoms with E-state index in [9.17, 15) is 35.5 Å². The third-order valence-corrected chi connectivity index (χ3v) is 1.79. The van der Waals surface area contributed by atoms with Gasteiger partial charge in [-0.05, 0) is 18.2 Å². The largest absolute Gasteiger partial charge is 0.454 e. The van der Waals surface area contributed by atoms with E-state index in [0.29, 0.717) is 6.07 Å². The van der Waals surface area contributed by atoms with Crippen molar-refractivity contribution >= 4 is 5.78 Å². The Labute approximate surface area is 89.8 Å². The normalized spacial score (nSPS) is 12.6. The van der Waals surface area contributed by atoms with Crippen LogP contribution in [0.1, 0.15) is 15.9 Å². The summed E-state index contributed by atoms with van der Waals surface area (Å²) in [7, 11) is 0. The molecule has 1 rings (SSSR count). The lowest BCUT2D eigenvalue weighted by Gasteiger charge is -2.10. The molecule has 94 valence electrons. The van der Waals surface area contributed by atoms with Crippen LogP contribution in [0, 0.1) is 5.82 Å². The van der Waals surface area contributed by atoms with Crippen LogP contribution in [-0.2, 0) is 6.18 Å². The lowest BCUT2D eigenvalue weighted by Crippen LogP contribution is -2.23. The molecule has 0 fully saturated rings. The predicted molar refractivity (Wildman–Crippen MR) is 41.8 cm³/mol. The van der Waals surface area contributed by atoms with E-state index < -0.39 is 35.1 Å². The summed E-state index contributed by atoms with van der Waals surface area (Å²) in [5.74, 6) is -4.20. The van der Waals surface area contributed by atoms with Crippen molar-refractivity contribution in [3.05, 3.63) is 35.1 Å². The van der Waals surface area contributed by atoms with Crippen LogP contribution < -0.4 is 0 Å². The molecule has 0 N–H and O–H groups in total. The summed E-state index contributed by atoms with van der Waals surface area (Å²) in [4.78, 5) is 10.6. The van der Waals surface area contributed by atoms with Crippen LogP contribution in [0.2, 0.25) is 0 Å². The minimum atomic E-state index is -5.30. The second-order valence-corrected chi connectivity index (χ2v) is 3.02. The van der Waals surface area contributed by atoms with Crippen molar-refractivity contribution in [2.75, 3.05) is 0 Å². The maximum atomic E-state index is 12.7. The first kappa shape index (κ1) is 13.5. The highest BCUT2D eigenvalue weighted by atomic mass is 19.4. The van der Waals surface area contributed by atoms with Crippen LogP contribution in [0.5, 0.6) is 0 Å². The number of benzene rings is 1. The summed E-state index contributed by atoms with van der Waals surface area (Å²) in [6.45, 7) is 0. The summed E-state index contributed by atoms with van der Waals surface area (Å²) in [6.07, 6.45) is -10.5. The Morgan fingerprint density at radius 1 is 1.00 bits per heavy atom. The van der Waals surface area contributed by atoms with Crippen LogP contribution >= 0.6 is 0 Å². The second kappa shape index (κ2) is 4.01. The van der Waals surface area contributed by atoms with Gasteiger partial charge in [0.1, 0.15) is 5.82 Å². The van der Waals surface area contributed by atoms with Gasteiger partial charge in [0.2, 0.25) is 0 Å². The first-order valence-corrected chi connectivity index (χ1v) is 4.02. The molecule has 1 aromatic carbocycles. The van der Waals surface area contributed by atoms with Gasteiger partial charge in [-0.1, -0.05) is 0 Å². The number of hydrogen-bond donors (Lipinski definition) is 0. The van der Waals surface area contributed by atoms with Gasteiger partial charge in [-0.15, -0.1) is 0 Å². The Hall–Kier alpha value is -1.60. The Kier molecular flexibility index (Phi) is 3.17. The summed E-state index contributed by atoms with van der Waals surface area (Å²) in [5, 5.41) is 0. The fourth-order valence-electron chi connectivity index (χ4n) is 1.05. The van der Waals surface area contributed by atoms with Crippen molar-refractivity contribution in [3.63, 3.8) is 0 Å². The average molecular weight is 260 g/mol. The van der Waals surface area contributed by atoms with Gasteiger partial charge in [0.15, 0.2) is 0 Å². The maximum absolute atomic E-state index is 12.7. The third-order valence-electron chi connectivity index (χ3n) is 1.79. The molecule has 0 unspecified atom stereocenters. The van der Waals surface area contributed by atoms with Crippen LogP contribution in [-0.4, -0.2) is 12.0 Å². The predicted octanol–water partition coefficient (Wildman–Crippen LogP) is 3.59. The molecular formula is C9H3F7O. The zero-order valence-electron chi connectivity index (χ0n) is 7.79. The van der Waals surface area contributed by atoms with Crippen LogP contribution in [0.15, 0.2) is 18.2 Å². The standard InChI is InChI=1S/C9H3F7O/c10-6-2-1-4(7(17)9(14,15)16)3-5(6)8(11,12)13/h1-3H. The van der Waals surface area contributed by atoms with Gasteiger partial charge in [-0.2, -0.15) is 26.3 Å². The van der Waals surface area contributed by atoms with Gasteiger partial charge >= 0.3 is 12.4 Å². The zero-order chi connectivity index (χ0) is 13.4. The van der Waals surface area contributed by atoms with Gasteiger partial charge in [0.25, 0.3) is 5.78 Å². The number of Topliss-reactive ketones (excluding diaryl/α,β-unsaturated/α-hetero) is 1. The molecule has 0 aliphatic heterocycles. The van der Waals surface area contributed by atoms with Gasteiger partial charge in [0.05, 0.1) is 5.56 Å². The number of carbonyl (C=O) groups excluding carboxylic acids is 1. The van der Waals surface area contributed by atoms with E-state index in [4.69, 9.17) is 0 Å². The molecule has 0 aliphatic rings. The Morgan fingerprint density at radius 3 is 1.94 bits per heavy atom. The second-order valence-electron chi connectivity index (χ2n) is 3.02. The van der Waals surface area contributed by atoms with E-state index in [0.717, 1.165) is 0 Å². The molecule has 8 heteroatoms. The molecule has 0 aromatic heterocycles. The monoisotopic (exact) mass is 260 g/mol. The van der Waals surface area contributed by atoms with E-state index in [1.807, 2.05) is 0 Å². The zero-order valence-corrected chi connectivity index (χ0v) is 7.79. The van der Waals surface area contributed by atoms with E-state index >= 15 is 0 Å². The molecule has 0 radical (unpaired) electrons. The van der Waals surface area contributed by atoms with Crippen molar-refractivity contribution in [2.24, 2.45) is 0 Å². The van der Waals surface area contributed by atoms with Crippen LogP contribution in [0.3, 0.4) is 0 Å². The molecule has 0 saturated heterocycles. The minimum Gasteiger partial charge on any atom is -0.284 e. The van der Waals surface area contributed by atoms with Crippen molar-refractivity contribution in [2.45, 2.75) is 12.4 Å². The van der Waals surface area contributed by atoms with Crippen LogP contribution in [0.25, 0.3) is 0 Å². The Morgan fingerprint density at radius 2 is 1.53 bits per heavy atom. The van der Waals surface area contributed by atoms with E-state index in [1.165, 1.54) is 0 Å². The minimum absolute atomic E-state index is 0.162. The van der Waals surface area contributed by atoms with Gasteiger partial charge in [0, 0.05) is 5.56 Å². The first-order valence-electron chi connectivity index (χ1n) is 4.02. The first-order chi connectivity index (χ1) is 7.53. The lowest BCUT2D eigenvalue weighted by molar-refractivity contribution is -0.140. The van der Waals surface area contributed by atoms with E-state index in [1.54, 1.807) is 0 Å². The molecule has 0 bridgehead atoms. The number of hydrogen-bond acceptors (Lipinski definition) is 1. The van der Waals surface area contributed by atoms with Gasteiger partial charge in [-0.25, -0.2) is 4.39 Å². The molecule has 0 saturated carbocycles. The molecule has 0 atom stereocenters. The Balaban J connectivity index is 3.28. The summed E-state index contributed by atoms with van der Waals surface area (Å²) in [6, 6.07) is 0.355. The fraction of sp³-hybridized carbons (Fsp3) is 0.222. The summed E-state index contributed by atoms with van der Waals surface area (Å²) < 4.78 is 85.0. The number of ketones is 1. The Bertz CT molecular complexity index is 444. The quantitative estimate of drug-likeness (QED) is 0.557. The molecule has 0 aliphatic carbocycles. The van der Waals surface area contributed by atoms with E-state index in [2.05, 4.69) is 0 Å². The number of halogens is 7. The van der Waals surface area contributed by atoms with E-state index in [-0.39, 0.29) is 12.1 Å². The highest BCUT2D eigenvalue weighted by Crippen LogP contribution is 2.33. The maximum Gasteiger partial charge on any atom is 0.454 e. The van der Waals surface area contributed by atoms with Crippen molar-refractivity contribution in [1.82, 2.24) is 0 Å². The van der Waals surface area contributed by atoms with Crippen molar-refractivity contribution in [1.29, 1.82) is 0 Å². The molecule has 0 spiro atoms. The van der Waals surface area contributed by atoms with Crippen LogP contribution in [0.4, 0.5) is 30.7 Å². The van der Waals surface area contributed by atoms with Gasteiger partial charge < -0.3 is 0 Å². The third kappa shape index (κ3) is 2.95. The lowest BCUT2D eigenvalue weighted by atomic mass is 10.1. The molecule has 0 amide bonds. The number of rotatable bonds is 1. The highest BCUT2D eigenvalue weighted by Gasteiger charge is 2.41. The molecule has 0 heterocycles. The summed E-state index contributed by atoms with van der Waals surface area (Å²) in [5.41, 5.74) is -3.17. The van der Waals surface area contributed by atoms with Crippen molar-refractivity contribution < 1.29 is 35.5 Å². The molecule has 1 nitrogen and oxygen atoms in total. The average Bonchev–Trinajstić information content (AvgIpc) is 2.14. The SMILES string of the molecule is O=C(c1ccc(F)c(C(F)(F)F)c1)C(F)(F)F. The summed E-state index contributed by atoms with van der Waals surface area (Å²) >= 11 is 0. The van der Waals surface area contributed by atoms with Crippen molar-refractivity contribution in [3.8, 4) is 0 Å². The fourth-order valence-corrected chi connectivity index (χ4v) is 1.05. The highest BCUT2D eigenvalue weighted by molar-refractivity contribution is 6.00. The number of alkyl halides is 6. The number of carbonyl (C=O) groups is 1. The van der Waals surface area contributed by atoms with Gasteiger partial charge in [-0.3, -0.25) is 4.79 Å². The molecular weight excluding hydrogens is 257 g/mol.